The lowest BCUT2D eigenvalue weighted by Crippen LogP contribution is -2.51. The molecular formula is C19H29N3O6. The van der Waals surface area contributed by atoms with Crippen LogP contribution in [-0.4, -0.2) is 75.0 Å². The van der Waals surface area contributed by atoms with E-state index in [-0.39, 0.29) is 12.1 Å². The molecule has 1 aliphatic rings. The van der Waals surface area contributed by atoms with E-state index >= 15 is 0 Å². The van der Waals surface area contributed by atoms with Crippen LogP contribution in [0.5, 0.6) is 17.2 Å². The lowest BCUT2D eigenvalue weighted by molar-refractivity contribution is 0.0992. The zero-order chi connectivity index (χ0) is 20.5. The molecule has 1 saturated heterocycles. The number of hydrogen-bond donors (Lipinski definition) is 1. The number of benzene rings is 1. The third kappa shape index (κ3) is 5.34. The Kier molecular flexibility index (Phi) is 8.03. The van der Waals surface area contributed by atoms with E-state index in [1.54, 1.807) is 21.9 Å². The highest BCUT2D eigenvalue weighted by Gasteiger charge is 2.25. The molecule has 9 heteroatoms. The predicted molar refractivity (Wildman–Crippen MR) is 105 cm³/mol. The third-order valence-electron chi connectivity index (χ3n) is 4.16. The molecule has 0 unspecified atom stereocenters. The Morgan fingerprint density at radius 1 is 0.893 bits per heavy atom. The highest BCUT2D eigenvalue weighted by Crippen LogP contribution is 2.40. The highest BCUT2D eigenvalue weighted by atomic mass is 16.5. The van der Waals surface area contributed by atoms with Crippen molar-refractivity contribution in [3.05, 3.63) is 12.1 Å². The van der Waals surface area contributed by atoms with E-state index in [0.29, 0.717) is 68.9 Å². The van der Waals surface area contributed by atoms with E-state index in [9.17, 15) is 9.59 Å². The quantitative estimate of drug-likeness (QED) is 0.764. The van der Waals surface area contributed by atoms with Crippen LogP contribution in [0.3, 0.4) is 0 Å². The molecule has 0 atom stereocenters. The Labute approximate surface area is 165 Å². The first kappa shape index (κ1) is 21.5. The molecule has 1 N–H and O–H groups in total. The average molecular weight is 395 g/mol. The minimum absolute atomic E-state index is 0.251. The van der Waals surface area contributed by atoms with E-state index in [4.69, 9.17) is 18.9 Å². The molecule has 1 fully saturated rings. The summed E-state index contributed by atoms with van der Waals surface area (Å²) in [5, 5.41) is 2.87. The van der Waals surface area contributed by atoms with Gasteiger partial charge in [-0.25, -0.2) is 9.59 Å². The van der Waals surface area contributed by atoms with Gasteiger partial charge in [0.25, 0.3) is 0 Å². The maximum atomic E-state index is 12.6. The lowest BCUT2D eigenvalue weighted by Gasteiger charge is -2.33. The van der Waals surface area contributed by atoms with Crippen molar-refractivity contribution in [1.29, 1.82) is 0 Å². The molecule has 1 aliphatic heterocycles. The Balaban J connectivity index is 2.12. The fourth-order valence-electron chi connectivity index (χ4n) is 2.88. The minimum Gasteiger partial charge on any atom is -0.490 e. The summed E-state index contributed by atoms with van der Waals surface area (Å²) >= 11 is 0. The molecule has 2 rings (SSSR count). The number of hydrogen-bond acceptors (Lipinski definition) is 6. The predicted octanol–water partition coefficient (Wildman–Crippen LogP) is 2.80. The molecule has 156 valence electrons. The molecular weight excluding hydrogens is 366 g/mol. The van der Waals surface area contributed by atoms with Crippen LogP contribution in [0.25, 0.3) is 0 Å². The van der Waals surface area contributed by atoms with Gasteiger partial charge >= 0.3 is 12.1 Å². The number of carbonyl (C=O) groups is 2. The average Bonchev–Trinajstić information content (AvgIpc) is 2.70. The zero-order valence-corrected chi connectivity index (χ0v) is 16.9. The van der Waals surface area contributed by atoms with Gasteiger partial charge in [0, 0.05) is 38.3 Å². The summed E-state index contributed by atoms with van der Waals surface area (Å²) in [4.78, 5) is 27.4. The number of urea groups is 1. The molecule has 0 spiro atoms. The number of amides is 3. The normalized spacial score (nSPS) is 13.7. The largest absolute Gasteiger partial charge is 0.490 e. The summed E-state index contributed by atoms with van der Waals surface area (Å²) in [5.74, 6) is 1.55. The van der Waals surface area contributed by atoms with Crippen molar-refractivity contribution in [1.82, 2.24) is 9.80 Å². The molecule has 0 aliphatic carbocycles. The van der Waals surface area contributed by atoms with Gasteiger partial charge in [0.1, 0.15) is 0 Å². The van der Waals surface area contributed by atoms with Crippen LogP contribution in [0.2, 0.25) is 0 Å². The van der Waals surface area contributed by atoms with Crippen molar-refractivity contribution in [2.45, 2.75) is 20.8 Å². The van der Waals surface area contributed by atoms with Crippen molar-refractivity contribution >= 4 is 17.8 Å². The number of rotatable bonds is 7. The van der Waals surface area contributed by atoms with Crippen LogP contribution in [0.1, 0.15) is 20.8 Å². The van der Waals surface area contributed by atoms with E-state index in [1.165, 1.54) is 7.11 Å². The molecule has 3 amide bonds. The standard InChI is InChI=1S/C19H29N3O6/c1-5-26-15-12-14(13-16(27-6-2)17(15)28-7-3)20-18(23)21-8-10-22(11-9-21)19(24)25-4/h12-13H,5-11H2,1-4H3,(H,20,23). The highest BCUT2D eigenvalue weighted by molar-refractivity contribution is 5.90. The zero-order valence-electron chi connectivity index (χ0n) is 16.9. The maximum Gasteiger partial charge on any atom is 0.409 e. The third-order valence-corrected chi connectivity index (χ3v) is 4.16. The fraction of sp³-hybridized carbons (Fsp3) is 0.579. The Bertz CT molecular complexity index is 647. The van der Waals surface area contributed by atoms with Crippen LogP contribution in [0.4, 0.5) is 15.3 Å². The van der Waals surface area contributed by atoms with Gasteiger partial charge in [-0.3, -0.25) is 0 Å². The van der Waals surface area contributed by atoms with Crippen LogP contribution >= 0.6 is 0 Å². The first-order valence-electron chi connectivity index (χ1n) is 9.49. The molecule has 1 heterocycles. The first-order valence-corrected chi connectivity index (χ1v) is 9.49. The number of ether oxygens (including phenoxy) is 4. The molecule has 0 aromatic heterocycles. The van der Waals surface area contributed by atoms with Gasteiger partial charge in [-0.2, -0.15) is 0 Å². The molecule has 9 nitrogen and oxygen atoms in total. The molecule has 1 aromatic rings. The fourth-order valence-corrected chi connectivity index (χ4v) is 2.88. The topological polar surface area (TPSA) is 89.6 Å². The van der Waals surface area contributed by atoms with Gasteiger partial charge in [0.15, 0.2) is 11.5 Å². The molecule has 1 aromatic carbocycles. The summed E-state index contributed by atoms with van der Waals surface area (Å²) in [7, 11) is 1.35. The van der Waals surface area contributed by atoms with Crippen LogP contribution in [-0.2, 0) is 4.74 Å². The van der Waals surface area contributed by atoms with Gasteiger partial charge in [-0.15, -0.1) is 0 Å². The number of carbonyl (C=O) groups excluding carboxylic acids is 2. The molecule has 0 bridgehead atoms. The second kappa shape index (κ2) is 10.5. The summed E-state index contributed by atoms with van der Waals surface area (Å²) in [6.45, 7) is 8.73. The summed E-state index contributed by atoms with van der Waals surface area (Å²) in [5.41, 5.74) is 0.552. The lowest BCUT2D eigenvalue weighted by atomic mass is 10.2. The van der Waals surface area contributed by atoms with Gasteiger partial charge in [0.05, 0.1) is 32.6 Å². The summed E-state index contributed by atoms with van der Waals surface area (Å²) in [6.07, 6.45) is -0.380. The van der Waals surface area contributed by atoms with Crippen molar-refractivity contribution < 1.29 is 28.5 Å². The number of piperazine rings is 1. The Morgan fingerprint density at radius 3 is 1.86 bits per heavy atom. The van der Waals surface area contributed by atoms with Crippen molar-refractivity contribution in [3.63, 3.8) is 0 Å². The van der Waals surface area contributed by atoms with Crippen molar-refractivity contribution in [2.75, 3.05) is 58.4 Å². The molecule has 0 radical (unpaired) electrons. The van der Waals surface area contributed by atoms with Gasteiger partial charge < -0.3 is 34.1 Å². The maximum absolute atomic E-state index is 12.6. The van der Waals surface area contributed by atoms with Crippen LogP contribution in [0.15, 0.2) is 12.1 Å². The van der Waals surface area contributed by atoms with E-state index < -0.39 is 0 Å². The number of nitrogens with one attached hydrogen (secondary N) is 1. The van der Waals surface area contributed by atoms with Crippen LogP contribution < -0.4 is 19.5 Å². The monoisotopic (exact) mass is 395 g/mol. The van der Waals surface area contributed by atoms with Crippen molar-refractivity contribution in [3.8, 4) is 17.2 Å². The first-order chi connectivity index (χ1) is 13.5. The Morgan fingerprint density at radius 2 is 1.39 bits per heavy atom. The van der Waals surface area contributed by atoms with Gasteiger partial charge in [0.2, 0.25) is 5.75 Å². The minimum atomic E-state index is -0.380. The smallest absolute Gasteiger partial charge is 0.409 e. The van der Waals surface area contributed by atoms with E-state index in [2.05, 4.69) is 5.32 Å². The Hall–Kier alpha value is -2.84. The number of nitrogens with zero attached hydrogens (tertiary/aromatic N) is 2. The number of methoxy groups -OCH3 is 1. The molecule has 28 heavy (non-hydrogen) atoms. The van der Waals surface area contributed by atoms with Crippen LogP contribution in [0, 0.1) is 0 Å². The van der Waals surface area contributed by atoms with Gasteiger partial charge in [-0.05, 0) is 20.8 Å². The van der Waals surface area contributed by atoms with E-state index in [1.807, 2.05) is 20.8 Å². The molecule has 0 saturated carbocycles. The second-order valence-corrected chi connectivity index (χ2v) is 5.97. The summed E-state index contributed by atoms with van der Waals surface area (Å²) < 4.78 is 21.7. The van der Waals surface area contributed by atoms with Crippen molar-refractivity contribution in [2.24, 2.45) is 0 Å². The second-order valence-electron chi connectivity index (χ2n) is 5.97. The summed E-state index contributed by atoms with van der Waals surface area (Å²) in [6, 6.07) is 3.19. The number of anilines is 1. The van der Waals surface area contributed by atoms with E-state index in [0.717, 1.165) is 0 Å². The SMILES string of the molecule is CCOc1cc(NC(=O)N2CCN(C(=O)OC)CC2)cc(OCC)c1OCC. The van der Waals surface area contributed by atoms with Gasteiger partial charge in [-0.1, -0.05) is 0 Å².